The van der Waals surface area contributed by atoms with E-state index in [4.69, 9.17) is 15.2 Å². The van der Waals surface area contributed by atoms with Crippen molar-refractivity contribution in [1.82, 2.24) is 0 Å². The molecule has 1 atom stereocenters. The van der Waals surface area contributed by atoms with Crippen molar-refractivity contribution in [2.45, 2.75) is 5.54 Å². The summed E-state index contributed by atoms with van der Waals surface area (Å²) in [6.07, 6.45) is 0. The van der Waals surface area contributed by atoms with Gasteiger partial charge in [-0.15, -0.1) is 0 Å². The maximum Gasteiger partial charge on any atom is 0.169 e. The van der Waals surface area contributed by atoms with E-state index in [9.17, 15) is 9.50 Å². The van der Waals surface area contributed by atoms with Crippen LogP contribution in [0.3, 0.4) is 0 Å². The normalized spacial score (nSPS) is 22.1. The van der Waals surface area contributed by atoms with Crippen molar-refractivity contribution in [2.75, 3.05) is 13.2 Å². The number of nitrogens with two attached hydrogens (primary N) is 1. The van der Waals surface area contributed by atoms with Gasteiger partial charge in [-0.1, -0.05) is 15.9 Å². The molecule has 2 aromatic carbocycles. The van der Waals surface area contributed by atoms with Gasteiger partial charge in [0.25, 0.3) is 0 Å². The third-order valence-corrected chi connectivity index (χ3v) is 4.43. The summed E-state index contributed by atoms with van der Waals surface area (Å²) in [4.78, 5) is 4.57. The smallest absolute Gasteiger partial charge is 0.169 e. The van der Waals surface area contributed by atoms with Crippen LogP contribution in [-0.2, 0) is 10.3 Å². The fourth-order valence-electron chi connectivity index (χ4n) is 3.05. The number of hydrogen-bond acceptors (Lipinski definition) is 5. The number of amidine groups is 1. The minimum atomic E-state index is -1.05. The van der Waals surface area contributed by atoms with E-state index in [1.807, 2.05) is 0 Å². The van der Waals surface area contributed by atoms with Crippen LogP contribution in [-0.4, -0.2) is 24.2 Å². The molecule has 23 heavy (non-hydrogen) atoms. The predicted octanol–water partition coefficient (Wildman–Crippen LogP) is 3.03. The first-order valence-electron chi connectivity index (χ1n) is 6.92. The van der Waals surface area contributed by atoms with Gasteiger partial charge in [-0.3, -0.25) is 4.99 Å². The van der Waals surface area contributed by atoms with Gasteiger partial charge in [0, 0.05) is 15.6 Å². The second kappa shape index (κ2) is 4.94. The highest BCUT2D eigenvalue weighted by Crippen LogP contribution is 2.52. The van der Waals surface area contributed by atoms with E-state index in [-0.39, 0.29) is 24.7 Å². The summed E-state index contributed by atoms with van der Waals surface area (Å²) < 4.78 is 26.3. The monoisotopic (exact) mass is 378 g/mol. The Balaban J connectivity index is 2.08. The van der Waals surface area contributed by atoms with Crippen molar-refractivity contribution < 1.29 is 19.0 Å². The summed E-state index contributed by atoms with van der Waals surface area (Å²) in [5.41, 5.74) is 5.93. The first-order chi connectivity index (χ1) is 11.0. The van der Waals surface area contributed by atoms with Gasteiger partial charge in [0.15, 0.2) is 11.6 Å². The number of ether oxygens (including phenoxy) is 2. The van der Waals surface area contributed by atoms with E-state index in [2.05, 4.69) is 20.9 Å². The van der Waals surface area contributed by atoms with Gasteiger partial charge in [-0.25, -0.2) is 4.39 Å². The SMILES string of the molecule is NC1=N[C@@]2(COC1)c1cc(O)ccc1Oc1c(F)cc(Br)cc12. The molecule has 0 bridgehead atoms. The van der Waals surface area contributed by atoms with Gasteiger partial charge in [0.2, 0.25) is 0 Å². The summed E-state index contributed by atoms with van der Waals surface area (Å²) in [5.74, 6) is 0.364. The number of aliphatic imine (C=N–C) groups is 1. The van der Waals surface area contributed by atoms with Crippen LogP contribution in [0.5, 0.6) is 17.2 Å². The highest BCUT2D eigenvalue weighted by Gasteiger charge is 2.46. The molecular weight excluding hydrogens is 367 g/mol. The van der Waals surface area contributed by atoms with Crippen LogP contribution in [0.25, 0.3) is 0 Å². The summed E-state index contributed by atoms with van der Waals surface area (Å²) in [7, 11) is 0. The number of phenols is 1. The molecule has 0 radical (unpaired) electrons. The molecular formula is C16H12BrFN2O3. The van der Waals surface area contributed by atoms with Gasteiger partial charge in [-0.2, -0.15) is 0 Å². The Morgan fingerprint density at radius 1 is 1.26 bits per heavy atom. The Hall–Kier alpha value is -2.12. The summed E-state index contributed by atoms with van der Waals surface area (Å²) >= 11 is 3.30. The highest BCUT2D eigenvalue weighted by molar-refractivity contribution is 9.10. The number of halogens is 2. The fourth-order valence-corrected chi connectivity index (χ4v) is 3.48. The molecule has 1 spiro atoms. The first-order valence-corrected chi connectivity index (χ1v) is 7.72. The molecule has 2 aliphatic rings. The zero-order chi connectivity index (χ0) is 16.2. The van der Waals surface area contributed by atoms with Crippen molar-refractivity contribution in [2.24, 2.45) is 10.7 Å². The molecule has 0 aromatic heterocycles. The Labute approximate surface area is 139 Å². The zero-order valence-electron chi connectivity index (χ0n) is 11.8. The molecule has 5 nitrogen and oxygen atoms in total. The van der Waals surface area contributed by atoms with Crippen LogP contribution in [0.2, 0.25) is 0 Å². The predicted molar refractivity (Wildman–Crippen MR) is 85.5 cm³/mol. The van der Waals surface area contributed by atoms with Crippen molar-refractivity contribution in [3.63, 3.8) is 0 Å². The second-order valence-electron chi connectivity index (χ2n) is 5.50. The molecule has 118 valence electrons. The molecule has 0 amide bonds. The molecule has 0 fully saturated rings. The van der Waals surface area contributed by atoms with Crippen LogP contribution < -0.4 is 10.5 Å². The minimum Gasteiger partial charge on any atom is -0.508 e. The molecule has 2 heterocycles. The third kappa shape index (κ3) is 2.11. The fraction of sp³-hybridized carbons (Fsp3) is 0.188. The molecule has 2 aromatic rings. The van der Waals surface area contributed by atoms with E-state index < -0.39 is 11.4 Å². The van der Waals surface area contributed by atoms with Crippen LogP contribution in [0.4, 0.5) is 4.39 Å². The quantitative estimate of drug-likeness (QED) is 0.738. The molecule has 0 aliphatic carbocycles. The van der Waals surface area contributed by atoms with Crippen LogP contribution in [0, 0.1) is 5.82 Å². The summed E-state index contributed by atoms with van der Waals surface area (Å²) in [5, 5.41) is 9.87. The Morgan fingerprint density at radius 3 is 2.87 bits per heavy atom. The van der Waals surface area contributed by atoms with Crippen molar-refractivity contribution in [3.8, 4) is 17.2 Å². The maximum atomic E-state index is 14.4. The van der Waals surface area contributed by atoms with Crippen LogP contribution in [0.15, 0.2) is 39.8 Å². The molecule has 3 N–H and O–H groups in total. The van der Waals surface area contributed by atoms with E-state index in [1.54, 1.807) is 18.2 Å². The van der Waals surface area contributed by atoms with Gasteiger partial charge >= 0.3 is 0 Å². The maximum absolute atomic E-state index is 14.4. The van der Waals surface area contributed by atoms with E-state index in [0.29, 0.717) is 27.2 Å². The molecule has 0 saturated heterocycles. The molecule has 0 unspecified atom stereocenters. The molecule has 0 saturated carbocycles. The van der Waals surface area contributed by atoms with E-state index in [0.717, 1.165) is 0 Å². The first kappa shape index (κ1) is 14.5. The Kier molecular flexibility index (Phi) is 3.11. The number of rotatable bonds is 0. The van der Waals surface area contributed by atoms with Crippen molar-refractivity contribution in [1.29, 1.82) is 0 Å². The van der Waals surface area contributed by atoms with E-state index >= 15 is 0 Å². The van der Waals surface area contributed by atoms with Gasteiger partial charge in [0.05, 0.1) is 6.61 Å². The van der Waals surface area contributed by atoms with Gasteiger partial charge in [0.1, 0.15) is 29.5 Å². The summed E-state index contributed by atoms with van der Waals surface area (Å²) in [6.45, 7) is 0.388. The largest absolute Gasteiger partial charge is 0.508 e. The standard InChI is InChI=1S/C16H12BrFN2O3/c17-8-3-11-15(12(18)4-8)23-13-2-1-9(21)5-10(13)16(11)7-22-6-14(19)20-16/h1-5,21H,6-7H2,(H2,19,20)/t16-/m0/s1. The number of aromatic hydroxyl groups is 1. The third-order valence-electron chi connectivity index (χ3n) is 3.97. The average Bonchev–Trinajstić information content (AvgIpc) is 2.50. The Morgan fingerprint density at radius 2 is 2.09 bits per heavy atom. The van der Waals surface area contributed by atoms with E-state index in [1.165, 1.54) is 12.1 Å². The highest BCUT2D eigenvalue weighted by atomic mass is 79.9. The lowest BCUT2D eigenvalue weighted by Crippen LogP contribution is -2.42. The van der Waals surface area contributed by atoms with Gasteiger partial charge in [-0.05, 0) is 30.3 Å². The number of hydrogen-bond donors (Lipinski definition) is 2. The average molecular weight is 379 g/mol. The number of fused-ring (bicyclic) bond motifs is 4. The Bertz CT molecular complexity index is 855. The molecule has 7 heteroatoms. The minimum absolute atomic E-state index is 0.0602. The molecule has 4 rings (SSSR count). The lowest BCUT2D eigenvalue weighted by atomic mass is 9.80. The summed E-state index contributed by atoms with van der Waals surface area (Å²) in [6, 6.07) is 7.66. The lowest BCUT2D eigenvalue weighted by Gasteiger charge is -2.39. The number of phenolic OH excluding ortho intramolecular Hbond substituents is 1. The van der Waals surface area contributed by atoms with Crippen molar-refractivity contribution >= 4 is 21.8 Å². The second-order valence-corrected chi connectivity index (χ2v) is 6.42. The van der Waals surface area contributed by atoms with Crippen LogP contribution >= 0.6 is 15.9 Å². The lowest BCUT2D eigenvalue weighted by molar-refractivity contribution is 0.109. The van der Waals surface area contributed by atoms with Gasteiger partial charge < -0.3 is 20.3 Å². The number of benzene rings is 2. The number of nitrogens with zero attached hydrogens (tertiary/aromatic N) is 1. The topological polar surface area (TPSA) is 77.1 Å². The zero-order valence-corrected chi connectivity index (χ0v) is 13.4. The van der Waals surface area contributed by atoms with Crippen LogP contribution in [0.1, 0.15) is 11.1 Å². The van der Waals surface area contributed by atoms with Crippen molar-refractivity contribution in [3.05, 3.63) is 51.7 Å². The molecule has 2 aliphatic heterocycles.